The van der Waals surface area contributed by atoms with E-state index in [1.807, 2.05) is 30.3 Å². The van der Waals surface area contributed by atoms with E-state index >= 15 is 0 Å². The highest BCUT2D eigenvalue weighted by Gasteiger charge is 2.39. The first kappa shape index (κ1) is 23.0. The van der Waals surface area contributed by atoms with Crippen LogP contribution in [0.2, 0.25) is 0 Å². The molecule has 6 rings (SSSR count). The summed E-state index contributed by atoms with van der Waals surface area (Å²) < 4.78 is 12.3. The van der Waals surface area contributed by atoms with Gasteiger partial charge in [0.15, 0.2) is 0 Å². The summed E-state index contributed by atoms with van der Waals surface area (Å²) in [4.78, 5) is 4.76. The van der Waals surface area contributed by atoms with Crippen molar-refractivity contribution in [2.24, 2.45) is 5.73 Å². The van der Waals surface area contributed by atoms with Crippen LogP contribution in [0.5, 0.6) is 0 Å². The van der Waals surface area contributed by atoms with E-state index in [-0.39, 0.29) is 5.92 Å². The maximum absolute atomic E-state index is 6.70. The Labute approximate surface area is 217 Å². The van der Waals surface area contributed by atoms with Crippen molar-refractivity contribution in [2.75, 3.05) is 0 Å². The fraction of sp³-hybridized carbons (Fsp3) is 0.188. The summed E-state index contributed by atoms with van der Waals surface area (Å²) in [6.07, 6.45) is 5.14. The second kappa shape index (κ2) is 9.58. The first-order chi connectivity index (χ1) is 18.1. The van der Waals surface area contributed by atoms with E-state index in [4.69, 9.17) is 20.0 Å². The molecule has 1 atom stereocenters. The molecule has 0 bridgehead atoms. The molecule has 1 aliphatic heterocycles. The smallest absolute Gasteiger partial charge is 0.260 e. The monoisotopic (exact) mass is 487 g/mol. The van der Waals surface area contributed by atoms with Crippen LogP contribution in [0, 0.1) is 13.8 Å². The van der Waals surface area contributed by atoms with Gasteiger partial charge in [-0.2, -0.15) is 4.98 Å². The number of aromatic nitrogens is 2. The summed E-state index contributed by atoms with van der Waals surface area (Å²) in [5, 5.41) is 4.27. The van der Waals surface area contributed by atoms with Crippen LogP contribution in [-0.2, 0) is 4.74 Å². The first-order valence-corrected chi connectivity index (χ1v) is 12.7. The standard InChI is InChI=1S/C32H29N3O2/c1-20-11-6-8-15-23(20)19-24-16-10-18-26-27(25-17-9-7-12-21(25)2)28(30(33)36-29(24)26)32-34-31(35-37-32)22-13-4-3-5-14-22/h3-9,11-15,17,19,27H,10,16,18,33H2,1-2H3/b24-19+. The van der Waals surface area contributed by atoms with Crippen LogP contribution in [-0.4, -0.2) is 10.1 Å². The van der Waals surface area contributed by atoms with Gasteiger partial charge in [-0.1, -0.05) is 84.0 Å². The van der Waals surface area contributed by atoms with E-state index < -0.39 is 0 Å². The summed E-state index contributed by atoms with van der Waals surface area (Å²) >= 11 is 0. The van der Waals surface area contributed by atoms with Gasteiger partial charge in [-0.3, -0.25) is 0 Å². The average Bonchev–Trinajstić information content (AvgIpc) is 3.40. The van der Waals surface area contributed by atoms with Crippen LogP contribution in [0.1, 0.15) is 53.3 Å². The summed E-state index contributed by atoms with van der Waals surface area (Å²) in [6, 6.07) is 26.7. The number of hydrogen-bond donors (Lipinski definition) is 1. The fourth-order valence-corrected chi connectivity index (χ4v) is 5.38. The molecule has 2 heterocycles. The largest absolute Gasteiger partial charge is 0.441 e. The Hall–Kier alpha value is -4.38. The van der Waals surface area contributed by atoms with Gasteiger partial charge in [0.1, 0.15) is 5.76 Å². The number of nitrogens with zero attached hydrogens (tertiary/aromatic N) is 2. The lowest BCUT2D eigenvalue weighted by Crippen LogP contribution is -2.24. The van der Waals surface area contributed by atoms with Gasteiger partial charge in [-0.25, -0.2) is 0 Å². The van der Waals surface area contributed by atoms with Gasteiger partial charge >= 0.3 is 0 Å². The number of rotatable bonds is 4. The minimum atomic E-state index is -0.130. The number of benzene rings is 3. The molecule has 184 valence electrons. The Balaban J connectivity index is 1.50. The topological polar surface area (TPSA) is 74.2 Å². The van der Waals surface area contributed by atoms with Crippen molar-refractivity contribution >= 4 is 11.6 Å². The molecule has 4 aromatic rings. The van der Waals surface area contributed by atoms with Gasteiger partial charge in [-0.05, 0) is 72.6 Å². The van der Waals surface area contributed by atoms with E-state index in [1.165, 1.54) is 33.4 Å². The van der Waals surface area contributed by atoms with Crippen molar-refractivity contribution in [3.63, 3.8) is 0 Å². The molecule has 5 heteroatoms. The maximum atomic E-state index is 6.70. The molecule has 2 N–H and O–H groups in total. The highest BCUT2D eigenvalue weighted by molar-refractivity contribution is 5.76. The van der Waals surface area contributed by atoms with Crippen LogP contribution in [0.4, 0.5) is 0 Å². The Morgan fingerprint density at radius 3 is 2.38 bits per heavy atom. The summed E-state index contributed by atoms with van der Waals surface area (Å²) in [5.74, 6) is 1.99. The van der Waals surface area contributed by atoms with E-state index in [1.54, 1.807) is 0 Å². The van der Waals surface area contributed by atoms with E-state index in [2.05, 4.69) is 73.6 Å². The van der Waals surface area contributed by atoms with E-state index in [0.717, 1.165) is 36.2 Å². The number of ether oxygens (including phenoxy) is 1. The van der Waals surface area contributed by atoms with E-state index in [0.29, 0.717) is 17.6 Å². The fourth-order valence-electron chi connectivity index (χ4n) is 5.38. The molecule has 37 heavy (non-hydrogen) atoms. The molecule has 0 saturated carbocycles. The zero-order valence-corrected chi connectivity index (χ0v) is 21.1. The van der Waals surface area contributed by atoms with Crippen molar-refractivity contribution < 1.29 is 9.26 Å². The van der Waals surface area contributed by atoms with Gasteiger partial charge in [0.05, 0.1) is 5.57 Å². The first-order valence-electron chi connectivity index (χ1n) is 12.7. The normalized spacial score (nSPS) is 18.6. The van der Waals surface area contributed by atoms with Crippen LogP contribution >= 0.6 is 0 Å². The molecule has 0 radical (unpaired) electrons. The molecule has 5 nitrogen and oxygen atoms in total. The summed E-state index contributed by atoms with van der Waals surface area (Å²) in [6.45, 7) is 4.27. The van der Waals surface area contributed by atoms with Crippen molar-refractivity contribution in [2.45, 2.75) is 39.0 Å². The van der Waals surface area contributed by atoms with Crippen molar-refractivity contribution in [1.82, 2.24) is 10.1 Å². The Bertz CT molecular complexity index is 1560. The van der Waals surface area contributed by atoms with Gasteiger partial charge in [0, 0.05) is 11.5 Å². The molecular formula is C32H29N3O2. The van der Waals surface area contributed by atoms with Gasteiger partial charge in [-0.15, -0.1) is 0 Å². The molecule has 1 unspecified atom stereocenters. The van der Waals surface area contributed by atoms with Gasteiger partial charge < -0.3 is 15.0 Å². The molecule has 1 aliphatic carbocycles. The maximum Gasteiger partial charge on any atom is 0.260 e. The lowest BCUT2D eigenvalue weighted by molar-refractivity contribution is 0.282. The van der Waals surface area contributed by atoms with Crippen molar-refractivity contribution in [3.8, 4) is 11.4 Å². The number of nitrogens with two attached hydrogens (primary N) is 1. The van der Waals surface area contributed by atoms with Gasteiger partial charge in [0.2, 0.25) is 11.7 Å². The third kappa shape index (κ3) is 4.27. The molecule has 0 spiro atoms. The lowest BCUT2D eigenvalue weighted by Gasteiger charge is -2.34. The molecule has 1 aromatic heterocycles. The SMILES string of the molecule is Cc1ccccc1/C=C1\CCCC2=C1OC(N)=C(c1nc(-c3ccccc3)no1)C2c1ccccc1C. The predicted octanol–water partition coefficient (Wildman–Crippen LogP) is 7.32. The van der Waals surface area contributed by atoms with Crippen LogP contribution < -0.4 is 5.73 Å². The third-order valence-electron chi connectivity index (χ3n) is 7.30. The van der Waals surface area contributed by atoms with E-state index in [9.17, 15) is 0 Å². The second-order valence-corrected chi connectivity index (χ2v) is 9.69. The van der Waals surface area contributed by atoms with Crippen molar-refractivity contribution in [1.29, 1.82) is 0 Å². The highest BCUT2D eigenvalue weighted by Crippen LogP contribution is 2.50. The Kier molecular flexibility index (Phi) is 5.97. The highest BCUT2D eigenvalue weighted by atomic mass is 16.5. The average molecular weight is 488 g/mol. The van der Waals surface area contributed by atoms with Crippen molar-refractivity contribution in [3.05, 3.63) is 130 Å². The number of allylic oxidation sites excluding steroid dienone is 3. The molecule has 2 aliphatic rings. The molecular weight excluding hydrogens is 458 g/mol. The van der Waals surface area contributed by atoms with Crippen LogP contribution in [0.15, 0.2) is 106 Å². The molecule has 0 amide bonds. The van der Waals surface area contributed by atoms with Gasteiger partial charge in [0.25, 0.3) is 5.89 Å². The molecule has 0 saturated heterocycles. The number of hydrogen-bond acceptors (Lipinski definition) is 5. The predicted molar refractivity (Wildman–Crippen MR) is 146 cm³/mol. The zero-order valence-electron chi connectivity index (χ0n) is 21.1. The summed E-state index contributed by atoms with van der Waals surface area (Å²) in [5.41, 5.74) is 15.5. The Morgan fingerprint density at radius 2 is 1.59 bits per heavy atom. The summed E-state index contributed by atoms with van der Waals surface area (Å²) in [7, 11) is 0. The second-order valence-electron chi connectivity index (χ2n) is 9.69. The molecule has 0 fully saturated rings. The number of aryl methyl sites for hydroxylation is 2. The zero-order chi connectivity index (χ0) is 25.4. The van der Waals surface area contributed by atoms with Crippen LogP contribution in [0.25, 0.3) is 23.0 Å². The molecule has 3 aromatic carbocycles. The lowest BCUT2D eigenvalue weighted by atomic mass is 9.75. The van der Waals surface area contributed by atoms with Crippen LogP contribution in [0.3, 0.4) is 0 Å². The quantitative estimate of drug-likeness (QED) is 0.326. The third-order valence-corrected chi connectivity index (χ3v) is 7.30. The minimum Gasteiger partial charge on any atom is -0.441 e. The Morgan fingerprint density at radius 1 is 0.865 bits per heavy atom. The minimum absolute atomic E-state index is 0.130.